The molecule has 0 radical (unpaired) electrons. The normalized spacial score (nSPS) is 19.9. The highest BCUT2D eigenvalue weighted by atomic mass is 16.4. The van der Waals surface area contributed by atoms with Gasteiger partial charge in [0, 0.05) is 6.20 Å². The topological polar surface area (TPSA) is 79.5 Å². The molecule has 0 bridgehead atoms. The van der Waals surface area contributed by atoms with Crippen LogP contribution >= 0.6 is 0 Å². The Morgan fingerprint density at radius 3 is 3.18 bits per heavy atom. The molecule has 1 atom stereocenters. The molecular formula is C11H12N4O2. The Morgan fingerprint density at radius 1 is 1.59 bits per heavy atom. The molecule has 3 rings (SSSR count). The Kier molecular flexibility index (Phi) is 2.29. The van der Waals surface area contributed by atoms with Crippen molar-refractivity contribution in [2.24, 2.45) is 0 Å². The fraction of sp³-hybridized carbons (Fsp3) is 0.364. The van der Waals surface area contributed by atoms with E-state index in [9.17, 15) is 4.79 Å². The Balaban J connectivity index is 2.03. The minimum atomic E-state index is -0.948. The minimum absolute atomic E-state index is 0.197. The molecule has 6 nitrogen and oxygen atoms in total. The zero-order valence-electron chi connectivity index (χ0n) is 9.13. The SMILES string of the molecule is O=C(O)c1ccn2nc(C3CCCN3)nc2c1. The number of nitrogens with one attached hydrogen (secondary N) is 1. The van der Waals surface area contributed by atoms with Crippen molar-refractivity contribution in [3.05, 3.63) is 29.7 Å². The van der Waals surface area contributed by atoms with Gasteiger partial charge in [-0.3, -0.25) is 0 Å². The van der Waals surface area contributed by atoms with Gasteiger partial charge in [-0.2, -0.15) is 0 Å². The summed E-state index contributed by atoms with van der Waals surface area (Å²) in [5, 5.41) is 16.6. The zero-order chi connectivity index (χ0) is 11.8. The van der Waals surface area contributed by atoms with Crippen LogP contribution in [0.3, 0.4) is 0 Å². The van der Waals surface area contributed by atoms with E-state index in [2.05, 4.69) is 15.4 Å². The molecule has 6 heteroatoms. The fourth-order valence-electron chi connectivity index (χ4n) is 2.08. The quantitative estimate of drug-likeness (QED) is 0.802. The van der Waals surface area contributed by atoms with Crippen molar-refractivity contribution in [3.63, 3.8) is 0 Å². The lowest BCUT2D eigenvalue weighted by Crippen LogP contribution is -2.14. The largest absolute Gasteiger partial charge is 0.478 e. The molecule has 0 amide bonds. The fourth-order valence-corrected chi connectivity index (χ4v) is 2.08. The predicted octanol–water partition coefficient (Wildman–Crippen LogP) is 0.852. The van der Waals surface area contributed by atoms with Crippen LogP contribution in [0.1, 0.15) is 35.1 Å². The first-order valence-corrected chi connectivity index (χ1v) is 5.57. The number of rotatable bonds is 2. The van der Waals surface area contributed by atoms with E-state index in [4.69, 9.17) is 5.11 Å². The van der Waals surface area contributed by atoms with E-state index >= 15 is 0 Å². The number of carboxylic acids is 1. The third-order valence-corrected chi connectivity index (χ3v) is 2.97. The van der Waals surface area contributed by atoms with Gasteiger partial charge in [0.1, 0.15) is 0 Å². The van der Waals surface area contributed by atoms with E-state index in [1.807, 2.05) is 0 Å². The molecule has 2 N–H and O–H groups in total. The average molecular weight is 232 g/mol. The van der Waals surface area contributed by atoms with Gasteiger partial charge in [-0.25, -0.2) is 14.3 Å². The van der Waals surface area contributed by atoms with E-state index in [-0.39, 0.29) is 11.6 Å². The number of aromatic nitrogens is 3. The molecule has 1 fully saturated rings. The summed E-state index contributed by atoms with van der Waals surface area (Å²) < 4.78 is 1.61. The first-order valence-electron chi connectivity index (χ1n) is 5.57. The number of carbonyl (C=O) groups is 1. The van der Waals surface area contributed by atoms with Crippen LogP contribution in [0.5, 0.6) is 0 Å². The third kappa shape index (κ3) is 1.76. The summed E-state index contributed by atoms with van der Waals surface area (Å²) in [6.45, 7) is 0.987. The average Bonchev–Trinajstić information content (AvgIpc) is 2.96. The third-order valence-electron chi connectivity index (χ3n) is 2.97. The van der Waals surface area contributed by atoms with Crippen molar-refractivity contribution >= 4 is 11.6 Å². The Hall–Kier alpha value is -1.95. The second kappa shape index (κ2) is 3.81. The van der Waals surface area contributed by atoms with Crippen LogP contribution < -0.4 is 5.32 Å². The summed E-state index contributed by atoms with van der Waals surface area (Å²) in [6.07, 6.45) is 3.79. The van der Waals surface area contributed by atoms with Crippen molar-refractivity contribution in [2.75, 3.05) is 6.54 Å². The van der Waals surface area contributed by atoms with Crippen LogP contribution in [0.25, 0.3) is 5.65 Å². The second-order valence-electron chi connectivity index (χ2n) is 4.14. The summed E-state index contributed by atoms with van der Waals surface area (Å²) in [4.78, 5) is 15.2. The summed E-state index contributed by atoms with van der Waals surface area (Å²) >= 11 is 0. The number of aromatic carboxylic acids is 1. The monoisotopic (exact) mass is 232 g/mol. The molecule has 0 aromatic carbocycles. The van der Waals surface area contributed by atoms with Crippen molar-refractivity contribution in [1.82, 2.24) is 19.9 Å². The zero-order valence-corrected chi connectivity index (χ0v) is 9.13. The molecule has 0 spiro atoms. The highest BCUT2D eigenvalue weighted by molar-refractivity contribution is 5.88. The summed E-state index contributed by atoms with van der Waals surface area (Å²) in [5.74, 6) is -0.207. The van der Waals surface area contributed by atoms with E-state index in [1.54, 1.807) is 10.7 Å². The summed E-state index contributed by atoms with van der Waals surface area (Å²) in [6, 6.07) is 3.26. The predicted molar refractivity (Wildman–Crippen MR) is 59.9 cm³/mol. The van der Waals surface area contributed by atoms with Crippen LogP contribution in [-0.4, -0.2) is 32.2 Å². The highest BCUT2D eigenvalue weighted by Crippen LogP contribution is 2.20. The number of hydrogen-bond donors (Lipinski definition) is 2. The van der Waals surface area contributed by atoms with Crippen LogP contribution in [0, 0.1) is 0 Å². The molecule has 3 heterocycles. The standard InChI is InChI=1S/C11H12N4O2/c16-11(17)7-3-5-15-9(6-7)13-10(14-15)8-2-1-4-12-8/h3,5-6,8,12H,1-2,4H2,(H,16,17). The molecular weight excluding hydrogens is 220 g/mol. The molecule has 88 valence electrons. The van der Waals surface area contributed by atoms with Gasteiger partial charge in [-0.05, 0) is 31.5 Å². The molecule has 0 saturated carbocycles. The van der Waals surface area contributed by atoms with Crippen LogP contribution in [0.2, 0.25) is 0 Å². The Bertz CT molecular complexity index is 572. The number of nitrogens with zero attached hydrogens (tertiary/aromatic N) is 3. The van der Waals surface area contributed by atoms with Gasteiger partial charge in [0.2, 0.25) is 0 Å². The number of carboxylic acid groups (broad SMARTS) is 1. The number of pyridine rings is 1. The minimum Gasteiger partial charge on any atom is -0.478 e. The van der Waals surface area contributed by atoms with Gasteiger partial charge >= 0.3 is 5.97 Å². The Labute approximate surface area is 97.3 Å². The number of fused-ring (bicyclic) bond motifs is 1. The summed E-state index contributed by atoms with van der Waals surface area (Å²) in [7, 11) is 0. The number of hydrogen-bond acceptors (Lipinski definition) is 4. The lowest BCUT2D eigenvalue weighted by atomic mass is 10.2. The lowest BCUT2D eigenvalue weighted by molar-refractivity contribution is 0.0697. The van der Waals surface area contributed by atoms with Crippen LogP contribution in [0.4, 0.5) is 0 Å². The van der Waals surface area contributed by atoms with E-state index < -0.39 is 5.97 Å². The van der Waals surface area contributed by atoms with Gasteiger partial charge in [-0.15, -0.1) is 5.10 Å². The maximum absolute atomic E-state index is 10.8. The summed E-state index contributed by atoms with van der Waals surface area (Å²) in [5.41, 5.74) is 0.810. The van der Waals surface area contributed by atoms with Crippen molar-refractivity contribution < 1.29 is 9.90 Å². The van der Waals surface area contributed by atoms with Crippen LogP contribution in [0.15, 0.2) is 18.3 Å². The molecule has 2 aromatic rings. The molecule has 1 saturated heterocycles. The molecule has 0 aliphatic carbocycles. The van der Waals surface area contributed by atoms with Crippen molar-refractivity contribution in [3.8, 4) is 0 Å². The first-order chi connectivity index (χ1) is 8.24. The molecule has 1 unspecified atom stereocenters. The maximum Gasteiger partial charge on any atom is 0.335 e. The van der Waals surface area contributed by atoms with Crippen molar-refractivity contribution in [2.45, 2.75) is 18.9 Å². The van der Waals surface area contributed by atoms with Gasteiger partial charge in [0.05, 0.1) is 11.6 Å². The van der Waals surface area contributed by atoms with Gasteiger partial charge in [0.25, 0.3) is 0 Å². The Morgan fingerprint density at radius 2 is 2.47 bits per heavy atom. The maximum atomic E-state index is 10.8. The molecule has 2 aromatic heterocycles. The van der Waals surface area contributed by atoms with Gasteiger partial charge in [0.15, 0.2) is 11.5 Å². The lowest BCUT2D eigenvalue weighted by Gasteiger charge is -2.02. The smallest absolute Gasteiger partial charge is 0.335 e. The molecule has 1 aliphatic heterocycles. The van der Waals surface area contributed by atoms with E-state index in [0.29, 0.717) is 5.65 Å². The second-order valence-corrected chi connectivity index (χ2v) is 4.14. The molecule has 1 aliphatic rings. The highest BCUT2D eigenvalue weighted by Gasteiger charge is 2.20. The van der Waals surface area contributed by atoms with E-state index in [1.165, 1.54) is 12.1 Å². The van der Waals surface area contributed by atoms with Crippen molar-refractivity contribution in [1.29, 1.82) is 0 Å². The van der Waals surface area contributed by atoms with Gasteiger partial charge < -0.3 is 10.4 Å². The first kappa shape index (κ1) is 10.2. The van der Waals surface area contributed by atoms with Gasteiger partial charge in [-0.1, -0.05) is 0 Å². The van der Waals surface area contributed by atoms with E-state index in [0.717, 1.165) is 25.2 Å². The molecule has 17 heavy (non-hydrogen) atoms. The van der Waals surface area contributed by atoms with Crippen LogP contribution in [-0.2, 0) is 0 Å².